The summed E-state index contributed by atoms with van der Waals surface area (Å²) in [4.78, 5) is 49.9. The van der Waals surface area contributed by atoms with Gasteiger partial charge >= 0.3 is 11.9 Å². The van der Waals surface area contributed by atoms with Gasteiger partial charge in [-0.3, -0.25) is 14.2 Å². The minimum absolute atomic E-state index is 0.0169. The lowest BCUT2D eigenvalue weighted by molar-refractivity contribution is -0.146. The van der Waals surface area contributed by atoms with E-state index in [9.17, 15) is 14.4 Å². The summed E-state index contributed by atoms with van der Waals surface area (Å²) in [6, 6.07) is 7.13. The number of aryl methyl sites for hydroxylation is 1. The minimum Gasteiger partial charge on any atom is -0.462 e. The number of hydrogen-bond acceptors (Lipinski definition) is 11. The SMILES string of the molecule is CCOC(=O)c1c(C)oc2nc(COC(=O)Cn3cnc4c(oc5ccccc54)c3=O)nc(N)c12. The van der Waals surface area contributed by atoms with Crippen molar-refractivity contribution in [2.45, 2.75) is 27.0 Å². The molecular formula is C23H19N5O7. The minimum atomic E-state index is -0.727. The fourth-order valence-electron chi connectivity index (χ4n) is 3.75. The van der Waals surface area contributed by atoms with Gasteiger partial charge in [-0.2, -0.15) is 4.98 Å². The van der Waals surface area contributed by atoms with E-state index in [1.165, 1.54) is 6.33 Å². The van der Waals surface area contributed by atoms with Crippen molar-refractivity contribution in [3.8, 4) is 0 Å². The van der Waals surface area contributed by atoms with Crippen molar-refractivity contribution in [3.05, 3.63) is 58.1 Å². The first-order chi connectivity index (χ1) is 16.9. The number of para-hydroxylation sites is 1. The first kappa shape index (κ1) is 22.1. The fraction of sp³-hybridized carbons (Fsp3) is 0.217. The van der Waals surface area contributed by atoms with Crippen molar-refractivity contribution >= 4 is 50.9 Å². The number of hydrogen-bond donors (Lipinski definition) is 1. The third kappa shape index (κ3) is 3.84. The van der Waals surface area contributed by atoms with Crippen molar-refractivity contribution in [2.24, 2.45) is 0 Å². The first-order valence-electron chi connectivity index (χ1n) is 10.6. The molecule has 0 aliphatic rings. The highest BCUT2D eigenvalue weighted by Crippen LogP contribution is 2.29. The van der Waals surface area contributed by atoms with Gasteiger partial charge in [0.2, 0.25) is 11.3 Å². The number of nitrogen functional groups attached to an aromatic ring is 1. The Morgan fingerprint density at radius 1 is 1.14 bits per heavy atom. The Hall–Kier alpha value is -4.74. The number of anilines is 1. The average Bonchev–Trinajstić information content (AvgIpc) is 3.37. The first-order valence-corrected chi connectivity index (χ1v) is 10.6. The highest BCUT2D eigenvalue weighted by Gasteiger charge is 2.24. The van der Waals surface area contributed by atoms with Gasteiger partial charge in [0.1, 0.15) is 34.8 Å². The zero-order valence-corrected chi connectivity index (χ0v) is 18.7. The zero-order chi connectivity index (χ0) is 24.7. The maximum atomic E-state index is 12.8. The number of carbonyl (C=O) groups excluding carboxylic acids is 2. The summed E-state index contributed by atoms with van der Waals surface area (Å²) < 4.78 is 22.5. The topological polar surface area (TPSA) is 166 Å². The van der Waals surface area contributed by atoms with Gasteiger partial charge < -0.3 is 24.0 Å². The van der Waals surface area contributed by atoms with E-state index in [-0.39, 0.29) is 52.9 Å². The molecule has 178 valence electrons. The number of aromatic nitrogens is 4. The van der Waals surface area contributed by atoms with Crippen LogP contribution in [0.1, 0.15) is 28.9 Å². The van der Waals surface area contributed by atoms with E-state index in [1.807, 2.05) is 6.07 Å². The Morgan fingerprint density at radius 3 is 2.74 bits per heavy atom. The molecule has 4 aromatic heterocycles. The smallest absolute Gasteiger partial charge is 0.342 e. The molecule has 12 nitrogen and oxygen atoms in total. The number of nitrogens with zero attached hydrogens (tertiary/aromatic N) is 4. The van der Waals surface area contributed by atoms with Crippen LogP contribution in [0, 0.1) is 6.92 Å². The summed E-state index contributed by atoms with van der Waals surface area (Å²) in [5, 5.41) is 0.937. The summed E-state index contributed by atoms with van der Waals surface area (Å²) >= 11 is 0. The Bertz CT molecular complexity index is 1680. The predicted octanol–water partition coefficient (Wildman–Crippen LogP) is 2.49. The van der Waals surface area contributed by atoms with Gasteiger partial charge in [-0.05, 0) is 26.0 Å². The summed E-state index contributed by atoms with van der Waals surface area (Å²) in [6.07, 6.45) is 1.26. The lowest BCUT2D eigenvalue weighted by Crippen LogP contribution is -2.25. The van der Waals surface area contributed by atoms with Crippen LogP contribution < -0.4 is 11.3 Å². The van der Waals surface area contributed by atoms with Crippen LogP contribution in [0.2, 0.25) is 0 Å². The van der Waals surface area contributed by atoms with Gasteiger partial charge in [0.05, 0.1) is 18.3 Å². The largest absolute Gasteiger partial charge is 0.462 e. The van der Waals surface area contributed by atoms with E-state index in [4.69, 9.17) is 24.0 Å². The van der Waals surface area contributed by atoms with Crippen LogP contribution in [-0.2, 0) is 27.4 Å². The molecule has 0 amide bonds. The molecule has 35 heavy (non-hydrogen) atoms. The maximum absolute atomic E-state index is 12.8. The molecule has 0 saturated heterocycles. The number of esters is 2. The van der Waals surface area contributed by atoms with Crippen LogP contribution in [0.5, 0.6) is 0 Å². The van der Waals surface area contributed by atoms with Crippen LogP contribution in [0.4, 0.5) is 5.82 Å². The zero-order valence-electron chi connectivity index (χ0n) is 18.7. The normalized spacial score (nSPS) is 11.4. The highest BCUT2D eigenvalue weighted by atomic mass is 16.5. The molecule has 4 heterocycles. The quantitative estimate of drug-likeness (QED) is 0.357. The number of benzene rings is 1. The second-order valence-corrected chi connectivity index (χ2v) is 7.57. The predicted molar refractivity (Wildman–Crippen MR) is 122 cm³/mol. The Morgan fingerprint density at radius 2 is 1.94 bits per heavy atom. The Balaban J connectivity index is 1.34. The van der Waals surface area contributed by atoms with Crippen molar-refractivity contribution in [1.29, 1.82) is 0 Å². The number of furan rings is 2. The van der Waals surface area contributed by atoms with E-state index in [1.54, 1.807) is 32.0 Å². The number of nitrogens with two attached hydrogens (primary N) is 1. The molecule has 0 radical (unpaired) electrons. The molecule has 2 N–H and O–H groups in total. The molecule has 0 fully saturated rings. The van der Waals surface area contributed by atoms with E-state index >= 15 is 0 Å². The van der Waals surface area contributed by atoms with Crippen molar-refractivity contribution in [1.82, 2.24) is 19.5 Å². The molecule has 0 aliphatic carbocycles. The Labute approximate surface area is 196 Å². The van der Waals surface area contributed by atoms with E-state index in [0.717, 1.165) is 4.57 Å². The van der Waals surface area contributed by atoms with Gasteiger partial charge in [0, 0.05) is 5.39 Å². The number of rotatable bonds is 6. The van der Waals surface area contributed by atoms with Gasteiger partial charge in [-0.1, -0.05) is 12.1 Å². The molecule has 0 unspecified atom stereocenters. The van der Waals surface area contributed by atoms with E-state index < -0.39 is 24.0 Å². The number of carbonyl (C=O) groups is 2. The summed E-state index contributed by atoms with van der Waals surface area (Å²) in [7, 11) is 0. The Kier molecular flexibility index (Phi) is 5.40. The van der Waals surface area contributed by atoms with E-state index in [2.05, 4.69) is 15.0 Å². The summed E-state index contributed by atoms with van der Waals surface area (Å²) in [5.74, 6) is -1.00. The van der Waals surface area contributed by atoms with Crippen LogP contribution in [-0.4, -0.2) is 38.1 Å². The molecule has 0 spiro atoms. The molecule has 0 saturated carbocycles. The van der Waals surface area contributed by atoms with Gasteiger partial charge in [-0.15, -0.1) is 0 Å². The average molecular weight is 477 g/mol. The molecule has 0 bridgehead atoms. The van der Waals surface area contributed by atoms with Gasteiger partial charge in [0.15, 0.2) is 12.4 Å². The van der Waals surface area contributed by atoms with Crippen LogP contribution in [0.25, 0.3) is 33.2 Å². The molecule has 5 rings (SSSR count). The fourth-order valence-corrected chi connectivity index (χ4v) is 3.75. The lowest BCUT2D eigenvalue weighted by atomic mass is 10.2. The number of ether oxygens (including phenoxy) is 2. The highest BCUT2D eigenvalue weighted by molar-refractivity contribution is 6.07. The molecule has 0 aliphatic heterocycles. The molecule has 0 atom stereocenters. The second kappa shape index (κ2) is 8.56. The summed E-state index contributed by atoms with van der Waals surface area (Å²) in [6.45, 7) is 2.71. The second-order valence-electron chi connectivity index (χ2n) is 7.57. The van der Waals surface area contributed by atoms with Crippen molar-refractivity contribution in [3.63, 3.8) is 0 Å². The van der Waals surface area contributed by atoms with Crippen LogP contribution in [0.15, 0.2) is 44.2 Å². The van der Waals surface area contributed by atoms with E-state index in [0.29, 0.717) is 16.5 Å². The van der Waals surface area contributed by atoms with Gasteiger partial charge in [-0.25, -0.2) is 14.8 Å². The van der Waals surface area contributed by atoms with Crippen LogP contribution in [0.3, 0.4) is 0 Å². The molecule has 5 aromatic rings. The summed E-state index contributed by atoms with van der Waals surface area (Å²) in [5.41, 5.74) is 6.72. The van der Waals surface area contributed by atoms with Crippen molar-refractivity contribution in [2.75, 3.05) is 12.3 Å². The molecular weight excluding hydrogens is 458 g/mol. The van der Waals surface area contributed by atoms with Crippen molar-refractivity contribution < 1.29 is 27.9 Å². The molecule has 12 heteroatoms. The standard InChI is InChI=1S/C23H19N5O7/c1-3-32-23(31)16-11(2)34-21-17(16)20(24)26-14(27-21)9-33-15(29)8-28-10-25-18-12-6-4-5-7-13(12)35-19(18)22(28)30/h4-7,10H,3,8-9H2,1-2H3,(H2,24,26,27). The third-order valence-corrected chi connectivity index (χ3v) is 5.29. The van der Waals surface area contributed by atoms with Gasteiger partial charge in [0.25, 0.3) is 5.56 Å². The molecule has 1 aromatic carbocycles. The van der Waals surface area contributed by atoms with Crippen LogP contribution >= 0.6 is 0 Å². The number of fused-ring (bicyclic) bond motifs is 4. The monoisotopic (exact) mass is 477 g/mol. The third-order valence-electron chi connectivity index (χ3n) is 5.29. The maximum Gasteiger partial charge on any atom is 0.342 e. The lowest BCUT2D eigenvalue weighted by Gasteiger charge is -2.07.